The van der Waals surface area contributed by atoms with Crippen LogP contribution in [0.25, 0.3) is 6.08 Å². The van der Waals surface area contributed by atoms with Crippen LogP contribution < -0.4 is 0 Å². The van der Waals surface area contributed by atoms with Crippen molar-refractivity contribution in [3.05, 3.63) is 53.6 Å². The van der Waals surface area contributed by atoms with Crippen LogP contribution in [0.3, 0.4) is 0 Å². The zero-order valence-electron chi connectivity index (χ0n) is 14.8. The van der Waals surface area contributed by atoms with E-state index in [0.717, 1.165) is 5.56 Å². The molecule has 4 heteroatoms. The lowest BCUT2D eigenvalue weighted by Crippen LogP contribution is -2.21. The molecule has 0 saturated heterocycles. The fourth-order valence-electron chi connectivity index (χ4n) is 1.68. The van der Waals surface area contributed by atoms with Gasteiger partial charge in [0.25, 0.3) is 0 Å². The highest BCUT2D eigenvalue weighted by molar-refractivity contribution is 6.14. The van der Waals surface area contributed by atoms with Gasteiger partial charge in [-0.25, -0.2) is 9.59 Å². The highest BCUT2D eigenvalue weighted by Crippen LogP contribution is 2.08. The van der Waals surface area contributed by atoms with Crippen LogP contribution in [0.4, 0.5) is 0 Å². The molecular formula is C20H26O4. The third-order valence-corrected chi connectivity index (χ3v) is 2.89. The molecule has 0 atom stereocenters. The van der Waals surface area contributed by atoms with Crippen LogP contribution in [0.2, 0.25) is 0 Å². The standard InChI is InChI=1S/C20H26O4/c1-15(2)13-23-19(21)18(20(22)24-14-16(3)4)12-8-11-17-9-6-5-7-10-17/h5-12,15-16H,13-14H2,1-4H3. The lowest BCUT2D eigenvalue weighted by Gasteiger charge is -2.11. The van der Waals surface area contributed by atoms with Crippen molar-refractivity contribution in [3.63, 3.8) is 0 Å². The number of rotatable bonds is 8. The molecule has 1 rings (SSSR count). The van der Waals surface area contributed by atoms with Crippen LogP contribution in [0, 0.1) is 11.8 Å². The summed E-state index contributed by atoms with van der Waals surface area (Å²) in [5.74, 6) is -0.922. The Kier molecular flexibility index (Phi) is 8.55. The van der Waals surface area contributed by atoms with Crippen molar-refractivity contribution < 1.29 is 19.1 Å². The first-order chi connectivity index (χ1) is 11.4. The molecule has 0 fully saturated rings. The third kappa shape index (κ3) is 7.77. The van der Waals surface area contributed by atoms with Gasteiger partial charge >= 0.3 is 11.9 Å². The van der Waals surface area contributed by atoms with Crippen molar-refractivity contribution in [3.8, 4) is 0 Å². The highest BCUT2D eigenvalue weighted by atomic mass is 16.6. The molecule has 0 saturated carbocycles. The van der Waals surface area contributed by atoms with Crippen LogP contribution >= 0.6 is 0 Å². The minimum atomic E-state index is -0.657. The second-order valence-corrected chi connectivity index (χ2v) is 6.33. The van der Waals surface area contributed by atoms with Crippen molar-refractivity contribution >= 4 is 18.0 Å². The monoisotopic (exact) mass is 330 g/mol. The van der Waals surface area contributed by atoms with Gasteiger partial charge in [0.2, 0.25) is 0 Å². The highest BCUT2D eigenvalue weighted by Gasteiger charge is 2.21. The van der Waals surface area contributed by atoms with Gasteiger partial charge in [0.15, 0.2) is 0 Å². The van der Waals surface area contributed by atoms with Crippen LogP contribution in [0.1, 0.15) is 33.3 Å². The van der Waals surface area contributed by atoms with Gasteiger partial charge < -0.3 is 9.47 Å². The van der Waals surface area contributed by atoms with Crippen molar-refractivity contribution in [1.29, 1.82) is 0 Å². The van der Waals surface area contributed by atoms with Crippen LogP contribution in [0.15, 0.2) is 48.1 Å². The maximum Gasteiger partial charge on any atom is 0.345 e. The summed E-state index contributed by atoms with van der Waals surface area (Å²) in [5, 5.41) is 0. The Morgan fingerprint density at radius 1 is 0.917 bits per heavy atom. The summed E-state index contributed by atoms with van der Waals surface area (Å²) in [5.41, 5.74) is 0.877. The molecule has 0 N–H and O–H groups in total. The molecule has 0 aromatic heterocycles. The Hall–Kier alpha value is -2.36. The average Bonchev–Trinajstić information content (AvgIpc) is 2.55. The number of hydrogen-bond donors (Lipinski definition) is 0. The maximum atomic E-state index is 12.2. The fraction of sp³-hybridized carbons (Fsp3) is 0.400. The average molecular weight is 330 g/mol. The van der Waals surface area contributed by atoms with Crippen molar-refractivity contribution in [2.75, 3.05) is 13.2 Å². The molecule has 24 heavy (non-hydrogen) atoms. The summed E-state index contributed by atoms with van der Waals surface area (Å²) in [7, 11) is 0. The van der Waals surface area contributed by atoms with E-state index in [1.807, 2.05) is 64.1 Å². The van der Waals surface area contributed by atoms with Crippen LogP contribution in [0.5, 0.6) is 0 Å². The molecule has 1 aromatic carbocycles. The number of carbonyl (C=O) groups is 2. The third-order valence-electron chi connectivity index (χ3n) is 2.89. The topological polar surface area (TPSA) is 52.6 Å². The van der Waals surface area contributed by atoms with Gasteiger partial charge in [-0.05, 0) is 23.5 Å². The van der Waals surface area contributed by atoms with Gasteiger partial charge in [0.1, 0.15) is 5.57 Å². The first-order valence-corrected chi connectivity index (χ1v) is 8.17. The van der Waals surface area contributed by atoms with E-state index in [0.29, 0.717) is 0 Å². The summed E-state index contributed by atoms with van der Waals surface area (Å²) in [6.45, 7) is 8.25. The smallest absolute Gasteiger partial charge is 0.345 e. The SMILES string of the molecule is CC(C)COC(=O)C(=CC=Cc1ccccc1)C(=O)OCC(C)C. The minimum Gasteiger partial charge on any atom is -0.462 e. The van der Waals surface area contributed by atoms with E-state index in [1.165, 1.54) is 6.08 Å². The van der Waals surface area contributed by atoms with E-state index >= 15 is 0 Å². The van der Waals surface area contributed by atoms with Crippen LogP contribution in [-0.2, 0) is 19.1 Å². The summed E-state index contributed by atoms with van der Waals surface area (Å²) in [4.78, 5) is 24.3. The van der Waals surface area contributed by atoms with Gasteiger partial charge in [-0.1, -0.05) is 70.2 Å². The molecule has 0 heterocycles. The number of ether oxygens (including phenoxy) is 2. The lowest BCUT2D eigenvalue weighted by atomic mass is 10.2. The van der Waals surface area contributed by atoms with Crippen molar-refractivity contribution in [2.24, 2.45) is 11.8 Å². The van der Waals surface area contributed by atoms with E-state index in [-0.39, 0.29) is 30.6 Å². The van der Waals surface area contributed by atoms with E-state index in [9.17, 15) is 9.59 Å². The van der Waals surface area contributed by atoms with E-state index in [2.05, 4.69) is 0 Å². The Morgan fingerprint density at radius 3 is 1.88 bits per heavy atom. The normalized spacial score (nSPS) is 10.9. The largest absolute Gasteiger partial charge is 0.462 e. The van der Waals surface area contributed by atoms with Gasteiger partial charge in [-0.15, -0.1) is 0 Å². The predicted octanol–water partition coefficient (Wildman–Crippen LogP) is 4.02. The maximum absolute atomic E-state index is 12.2. The molecule has 0 aliphatic carbocycles. The summed E-state index contributed by atoms with van der Waals surface area (Å²) >= 11 is 0. The zero-order valence-corrected chi connectivity index (χ0v) is 14.8. The second-order valence-electron chi connectivity index (χ2n) is 6.33. The molecule has 0 aliphatic rings. The molecule has 0 spiro atoms. The molecule has 0 radical (unpaired) electrons. The molecule has 1 aromatic rings. The quantitative estimate of drug-likeness (QED) is 0.237. The number of benzene rings is 1. The Morgan fingerprint density at radius 2 is 1.42 bits per heavy atom. The van der Waals surface area contributed by atoms with Crippen molar-refractivity contribution in [2.45, 2.75) is 27.7 Å². The number of carbonyl (C=O) groups excluding carboxylic acids is 2. The molecule has 0 amide bonds. The van der Waals surface area contributed by atoms with E-state index < -0.39 is 11.9 Å². The summed E-state index contributed by atoms with van der Waals surface area (Å²) in [6.07, 6.45) is 4.90. The first kappa shape index (κ1) is 19.7. The van der Waals surface area contributed by atoms with E-state index in [4.69, 9.17) is 9.47 Å². The number of esters is 2. The second kappa shape index (κ2) is 10.4. The molecule has 4 nitrogen and oxygen atoms in total. The van der Waals surface area contributed by atoms with Gasteiger partial charge in [-0.3, -0.25) is 0 Å². The molecule has 0 aliphatic heterocycles. The number of hydrogen-bond acceptors (Lipinski definition) is 4. The number of allylic oxidation sites excluding steroid dienone is 2. The van der Waals surface area contributed by atoms with Crippen molar-refractivity contribution in [1.82, 2.24) is 0 Å². The summed E-state index contributed by atoms with van der Waals surface area (Å²) < 4.78 is 10.3. The van der Waals surface area contributed by atoms with Gasteiger partial charge in [-0.2, -0.15) is 0 Å². The van der Waals surface area contributed by atoms with Gasteiger partial charge in [0, 0.05) is 0 Å². The van der Waals surface area contributed by atoms with Crippen LogP contribution in [-0.4, -0.2) is 25.2 Å². The lowest BCUT2D eigenvalue weighted by molar-refractivity contribution is -0.148. The Bertz CT molecular complexity index is 557. The van der Waals surface area contributed by atoms with E-state index in [1.54, 1.807) is 6.08 Å². The van der Waals surface area contributed by atoms with Gasteiger partial charge in [0.05, 0.1) is 13.2 Å². The summed E-state index contributed by atoms with van der Waals surface area (Å²) in [6, 6.07) is 9.61. The molecule has 0 unspecified atom stereocenters. The predicted molar refractivity (Wildman–Crippen MR) is 95.2 cm³/mol. The molecular weight excluding hydrogens is 304 g/mol. The molecule has 130 valence electrons. The Balaban J connectivity index is 2.86. The zero-order chi connectivity index (χ0) is 17.9. The minimum absolute atomic E-state index is 0.0940. The first-order valence-electron chi connectivity index (χ1n) is 8.17. The molecule has 0 bridgehead atoms. The fourth-order valence-corrected chi connectivity index (χ4v) is 1.68. The Labute approximate surface area is 144 Å².